The maximum absolute atomic E-state index is 12.4. The molecule has 2 aliphatic carbocycles. The second-order valence-electron chi connectivity index (χ2n) is 9.94. The Labute approximate surface area is 221 Å². The summed E-state index contributed by atoms with van der Waals surface area (Å²) < 4.78 is 5.59. The molecular weight excluding hydrogens is 468 g/mol. The summed E-state index contributed by atoms with van der Waals surface area (Å²) in [6.45, 7) is 10.1. The monoisotopic (exact) mass is 510 g/mol. The molecule has 1 aliphatic heterocycles. The minimum absolute atomic E-state index is 0.0410. The molecule has 3 unspecified atom stereocenters. The zero-order chi connectivity index (χ0) is 26.0. The smallest absolute Gasteiger partial charge is 0.250 e. The Bertz CT molecular complexity index is 969. The molecule has 9 nitrogen and oxygen atoms in total. The van der Waals surface area contributed by atoms with E-state index in [1.807, 2.05) is 19.3 Å². The Morgan fingerprint density at radius 1 is 1.14 bits per heavy atom. The number of hydroxylamine groups is 1. The first-order chi connectivity index (χ1) is 18.1. The van der Waals surface area contributed by atoms with E-state index in [-0.39, 0.29) is 24.0 Å². The molecule has 0 aromatic carbocycles. The number of anilines is 1. The molecule has 0 radical (unpaired) electrons. The lowest BCUT2D eigenvalue weighted by Gasteiger charge is -2.37. The van der Waals surface area contributed by atoms with Crippen molar-refractivity contribution in [2.45, 2.75) is 58.1 Å². The van der Waals surface area contributed by atoms with E-state index in [1.54, 1.807) is 7.11 Å². The molecule has 9 heteroatoms. The molecular formula is C28H42N6O3. The number of amides is 1. The zero-order valence-electron chi connectivity index (χ0n) is 22.5. The fourth-order valence-electron chi connectivity index (χ4n) is 5.15. The van der Waals surface area contributed by atoms with Crippen molar-refractivity contribution in [2.75, 3.05) is 51.8 Å². The molecule has 1 saturated heterocycles. The van der Waals surface area contributed by atoms with Crippen molar-refractivity contribution >= 4 is 11.9 Å². The number of methoxy groups -OCH3 is 1. The summed E-state index contributed by atoms with van der Waals surface area (Å²) in [4.78, 5) is 31.6. The van der Waals surface area contributed by atoms with Crippen LogP contribution in [-0.2, 0) is 20.8 Å². The highest BCUT2D eigenvalue weighted by Gasteiger charge is 2.27. The number of ether oxygens (including phenoxy) is 1. The standard InChI is InChI=1S/C28H42N6O3/c1-4-33-12-14-34(15-13-33)25-10-8-24(9-11-25)31-28-29-19-22(20-30-28)7-6-21-16-23(18-26(17-21)36-3)27(35)32-37-5-2/h8,10-11,16,19-20,23-24,26H,4-7,9,12-15,17-18H2,1-3H3,(H,32,35)(H,29,30,31). The van der Waals surface area contributed by atoms with Gasteiger partial charge in [-0.1, -0.05) is 30.7 Å². The predicted octanol–water partition coefficient (Wildman–Crippen LogP) is 3.09. The van der Waals surface area contributed by atoms with Crippen LogP contribution < -0.4 is 10.8 Å². The molecule has 4 rings (SSSR count). The number of nitrogens with zero attached hydrogens (tertiary/aromatic N) is 4. The van der Waals surface area contributed by atoms with E-state index in [0.29, 0.717) is 19.0 Å². The molecule has 202 valence electrons. The summed E-state index contributed by atoms with van der Waals surface area (Å²) in [5.41, 5.74) is 6.16. The number of allylic oxidation sites excluding steroid dienone is 1. The van der Waals surface area contributed by atoms with Crippen LogP contribution in [0.4, 0.5) is 5.95 Å². The highest BCUT2D eigenvalue weighted by Crippen LogP contribution is 2.28. The topological polar surface area (TPSA) is 91.8 Å². The van der Waals surface area contributed by atoms with Crippen molar-refractivity contribution in [2.24, 2.45) is 5.92 Å². The molecule has 37 heavy (non-hydrogen) atoms. The summed E-state index contributed by atoms with van der Waals surface area (Å²) in [6.07, 6.45) is 16.8. The lowest BCUT2D eigenvalue weighted by molar-refractivity contribution is -0.137. The van der Waals surface area contributed by atoms with Gasteiger partial charge in [0, 0.05) is 51.4 Å². The van der Waals surface area contributed by atoms with E-state index in [0.717, 1.165) is 64.0 Å². The first-order valence-electron chi connectivity index (χ1n) is 13.6. The van der Waals surface area contributed by atoms with Crippen LogP contribution in [0.2, 0.25) is 0 Å². The molecule has 1 fully saturated rings. The number of aromatic nitrogens is 2. The zero-order valence-corrected chi connectivity index (χ0v) is 22.5. The van der Waals surface area contributed by atoms with Gasteiger partial charge in [-0.3, -0.25) is 9.63 Å². The molecule has 0 spiro atoms. The average molecular weight is 511 g/mol. The van der Waals surface area contributed by atoms with Crippen LogP contribution in [0, 0.1) is 5.92 Å². The number of hydrogen-bond donors (Lipinski definition) is 2. The van der Waals surface area contributed by atoms with Crippen LogP contribution in [0.15, 0.2) is 48.0 Å². The Morgan fingerprint density at radius 3 is 2.57 bits per heavy atom. The molecule has 2 heterocycles. The van der Waals surface area contributed by atoms with E-state index in [2.05, 4.69) is 61.8 Å². The van der Waals surface area contributed by atoms with Gasteiger partial charge >= 0.3 is 0 Å². The summed E-state index contributed by atoms with van der Waals surface area (Å²) in [6, 6.07) is 0.199. The lowest BCUT2D eigenvalue weighted by Crippen LogP contribution is -2.45. The van der Waals surface area contributed by atoms with E-state index in [4.69, 9.17) is 9.57 Å². The average Bonchev–Trinajstić information content (AvgIpc) is 2.95. The highest BCUT2D eigenvalue weighted by atomic mass is 16.6. The van der Waals surface area contributed by atoms with Crippen molar-refractivity contribution in [3.05, 3.63) is 53.5 Å². The van der Waals surface area contributed by atoms with Crippen molar-refractivity contribution in [3.8, 4) is 0 Å². The number of likely N-dealkylation sites (N-methyl/N-ethyl adjacent to an activating group) is 1. The third-order valence-electron chi connectivity index (χ3n) is 7.45. The van der Waals surface area contributed by atoms with E-state index < -0.39 is 0 Å². The van der Waals surface area contributed by atoms with Crippen LogP contribution in [0.1, 0.15) is 45.1 Å². The van der Waals surface area contributed by atoms with E-state index in [9.17, 15) is 4.79 Å². The summed E-state index contributed by atoms with van der Waals surface area (Å²) in [5, 5.41) is 3.44. The van der Waals surface area contributed by atoms with Crippen LogP contribution in [-0.4, -0.2) is 84.3 Å². The number of hydrogen-bond acceptors (Lipinski definition) is 8. The minimum atomic E-state index is -0.234. The minimum Gasteiger partial charge on any atom is -0.381 e. The van der Waals surface area contributed by atoms with Gasteiger partial charge in [0.15, 0.2) is 0 Å². The van der Waals surface area contributed by atoms with Crippen LogP contribution in [0.3, 0.4) is 0 Å². The molecule has 3 atom stereocenters. The maximum atomic E-state index is 12.4. The van der Waals surface area contributed by atoms with Crippen LogP contribution in [0.5, 0.6) is 0 Å². The first-order valence-corrected chi connectivity index (χ1v) is 13.6. The van der Waals surface area contributed by atoms with E-state index >= 15 is 0 Å². The summed E-state index contributed by atoms with van der Waals surface area (Å²) >= 11 is 0. The largest absolute Gasteiger partial charge is 0.381 e. The molecule has 2 N–H and O–H groups in total. The second kappa shape index (κ2) is 13.7. The van der Waals surface area contributed by atoms with Gasteiger partial charge < -0.3 is 19.9 Å². The molecule has 1 amide bonds. The van der Waals surface area contributed by atoms with Gasteiger partial charge in [-0.2, -0.15) is 0 Å². The molecule has 0 bridgehead atoms. The number of nitrogens with one attached hydrogen (secondary N) is 2. The third-order valence-corrected chi connectivity index (χ3v) is 7.45. The first kappa shape index (κ1) is 27.3. The number of carbonyl (C=O) groups is 1. The Kier molecular flexibility index (Phi) is 10.1. The summed E-state index contributed by atoms with van der Waals surface area (Å²) in [5.74, 6) is 0.301. The lowest BCUT2D eigenvalue weighted by atomic mass is 9.85. The fourth-order valence-corrected chi connectivity index (χ4v) is 5.15. The normalized spacial score (nSPS) is 24.4. The van der Waals surface area contributed by atoms with Gasteiger partial charge in [-0.15, -0.1) is 0 Å². The van der Waals surface area contributed by atoms with Crippen molar-refractivity contribution in [1.29, 1.82) is 0 Å². The molecule has 1 aromatic heterocycles. The maximum Gasteiger partial charge on any atom is 0.250 e. The van der Waals surface area contributed by atoms with Crippen molar-refractivity contribution < 1.29 is 14.4 Å². The Morgan fingerprint density at radius 2 is 1.92 bits per heavy atom. The van der Waals surface area contributed by atoms with Gasteiger partial charge in [0.1, 0.15) is 0 Å². The van der Waals surface area contributed by atoms with Gasteiger partial charge in [0.25, 0.3) is 5.91 Å². The second-order valence-corrected chi connectivity index (χ2v) is 9.94. The van der Waals surface area contributed by atoms with Gasteiger partial charge in [0.05, 0.1) is 24.7 Å². The summed E-state index contributed by atoms with van der Waals surface area (Å²) in [7, 11) is 1.70. The van der Waals surface area contributed by atoms with E-state index in [1.165, 1.54) is 11.3 Å². The number of carbonyl (C=O) groups excluding carboxylic acids is 1. The van der Waals surface area contributed by atoms with Crippen LogP contribution in [0.25, 0.3) is 0 Å². The van der Waals surface area contributed by atoms with Crippen molar-refractivity contribution in [1.82, 2.24) is 25.2 Å². The van der Waals surface area contributed by atoms with Gasteiger partial charge in [-0.05, 0) is 57.2 Å². The fraction of sp³-hybridized carbons (Fsp3) is 0.607. The van der Waals surface area contributed by atoms with Crippen LogP contribution >= 0.6 is 0 Å². The highest BCUT2D eigenvalue weighted by molar-refractivity contribution is 5.79. The Balaban J connectivity index is 1.24. The quantitative estimate of drug-likeness (QED) is 0.347. The molecule has 3 aliphatic rings. The van der Waals surface area contributed by atoms with Gasteiger partial charge in [-0.25, -0.2) is 15.4 Å². The Hall–Kier alpha value is -2.75. The van der Waals surface area contributed by atoms with Gasteiger partial charge in [0.2, 0.25) is 5.95 Å². The number of aryl methyl sites for hydroxylation is 1. The SMILES string of the molecule is CCONC(=O)C1C=C(CCc2cnc(NC3C=CC(N4CCN(CC)CC4)=CC3)nc2)CC(OC)C1. The number of piperazine rings is 1. The molecule has 1 aromatic rings. The third kappa shape index (κ3) is 7.87. The molecule has 0 saturated carbocycles. The predicted molar refractivity (Wildman–Crippen MR) is 145 cm³/mol. The number of rotatable bonds is 11. The van der Waals surface area contributed by atoms with Crippen molar-refractivity contribution in [3.63, 3.8) is 0 Å².